The maximum atomic E-state index is 12.2. The highest BCUT2D eigenvalue weighted by Gasteiger charge is 2.21. The average molecular weight is 420 g/mol. The van der Waals surface area contributed by atoms with E-state index in [4.69, 9.17) is 9.26 Å². The van der Waals surface area contributed by atoms with E-state index in [0.717, 1.165) is 23.7 Å². The summed E-state index contributed by atoms with van der Waals surface area (Å²) in [7, 11) is 0. The van der Waals surface area contributed by atoms with Gasteiger partial charge in [0.25, 0.3) is 5.91 Å². The number of carbonyl (C=O) groups excluding carboxylic acids is 3. The monoisotopic (exact) mass is 419 g/mol. The van der Waals surface area contributed by atoms with Crippen molar-refractivity contribution in [3.63, 3.8) is 0 Å². The highest BCUT2D eigenvalue weighted by atomic mass is 32.2. The summed E-state index contributed by atoms with van der Waals surface area (Å²) in [6.45, 7) is 6.93. The fraction of sp³-hybridized carbons (Fsp3) is 0.400. The normalized spacial score (nSPS) is 12.7. The van der Waals surface area contributed by atoms with E-state index < -0.39 is 23.2 Å². The van der Waals surface area contributed by atoms with Gasteiger partial charge in [-0.3, -0.25) is 14.4 Å². The average Bonchev–Trinajstić information content (AvgIpc) is 3.11. The molecular formula is C20H25N3O5S. The minimum absolute atomic E-state index is 0.0603. The quantitative estimate of drug-likeness (QED) is 0.601. The summed E-state index contributed by atoms with van der Waals surface area (Å²) < 4.78 is 10.0. The van der Waals surface area contributed by atoms with Crippen molar-refractivity contribution in [3.05, 3.63) is 41.7 Å². The maximum Gasteiger partial charge on any atom is 0.316 e. The molecule has 0 saturated carbocycles. The number of esters is 1. The molecule has 2 atom stereocenters. The molecule has 2 rings (SSSR count). The van der Waals surface area contributed by atoms with Crippen molar-refractivity contribution >= 4 is 41.1 Å². The van der Waals surface area contributed by atoms with E-state index in [0.29, 0.717) is 17.3 Å². The van der Waals surface area contributed by atoms with Crippen molar-refractivity contribution in [1.82, 2.24) is 5.16 Å². The topological polar surface area (TPSA) is 111 Å². The Balaban J connectivity index is 1.73. The van der Waals surface area contributed by atoms with Crippen molar-refractivity contribution in [1.29, 1.82) is 0 Å². The Hall–Kier alpha value is -2.81. The second-order valence-corrected chi connectivity index (χ2v) is 7.77. The minimum Gasteiger partial charge on any atom is -0.452 e. The van der Waals surface area contributed by atoms with Crippen LogP contribution in [0.2, 0.25) is 0 Å². The summed E-state index contributed by atoms with van der Waals surface area (Å²) in [6.07, 6.45) is -0.0367. The Bertz CT molecular complexity index is 850. The van der Waals surface area contributed by atoms with E-state index in [2.05, 4.69) is 15.8 Å². The molecule has 8 nitrogen and oxygen atoms in total. The molecular weight excluding hydrogens is 394 g/mol. The standard InChI is InChI=1S/C20H25N3O5S/c1-5-15-6-8-16(9-7-15)21-19(25)13(3)27-18(24)11-29-14(4)20(26)22-17-10-12(2)28-23-17/h6-10,13-14H,5,11H2,1-4H3,(H,21,25)(H,22,23,26)/t13-,14+/m1/s1. The molecule has 0 fully saturated rings. The third-order valence-corrected chi connectivity index (χ3v) is 5.12. The zero-order valence-electron chi connectivity index (χ0n) is 16.9. The molecule has 0 spiro atoms. The van der Waals surface area contributed by atoms with Crippen molar-refractivity contribution in [2.45, 2.75) is 45.5 Å². The van der Waals surface area contributed by atoms with Crippen LogP contribution in [0.25, 0.3) is 0 Å². The number of hydrogen-bond donors (Lipinski definition) is 2. The number of carbonyl (C=O) groups is 3. The lowest BCUT2D eigenvalue weighted by atomic mass is 10.1. The predicted molar refractivity (Wildman–Crippen MR) is 112 cm³/mol. The van der Waals surface area contributed by atoms with Crippen molar-refractivity contribution < 1.29 is 23.6 Å². The second-order valence-electron chi connectivity index (χ2n) is 6.44. The summed E-state index contributed by atoms with van der Waals surface area (Å²) in [5, 5.41) is 8.48. The lowest BCUT2D eigenvalue weighted by molar-refractivity contribution is -0.150. The third-order valence-electron chi connectivity index (χ3n) is 4.01. The lowest BCUT2D eigenvalue weighted by Gasteiger charge is -2.15. The Morgan fingerprint density at radius 2 is 1.83 bits per heavy atom. The van der Waals surface area contributed by atoms with Gasteiger partial charge in [-0.25, -0.2) is 0 Å². The Kier molecular flexibility index (Phi) is 8.26. The first-order chi connectivity index (χ1) is 13.8. The van der Waals surface area contributed by atoms with E-state index in [1.54, 1.807) is 32.0 Å². The molecule has 9 heteroatoms. The summed E-state index contributed by atoms with van der Waals surface area (Å²) in [5.41, 5.74) is 1.80. The molecule has 2 amide bonds. The molecule has 156 valence electrons. The van der Waals surface area contributed by atoms with E-state index in [1.165, 1.54) is 6.92 Å². The molecule has 29 heavy (non-hydrogen) atoms. The van der Waals surface area contributed by atoms with Crippen LogP contribution in [0.4, 0.5) is 11.5 Å². The summed E-state index contributed by atoms with van der Waals surface area (Å²) >= 11 is 1.10. The van der Waals surface area contributed by atoms with Gasteiger partial charge in [0.1, 0.15) is 5.76 Å². The molecule has 0 saturated heterocycles. The van der Waals surface area contributed by atoms with Gasteiger partial charge in [0.15, 0.2) is 11.9 Å². The number of hydrogen-bond acceptors (Lipinski definition) is 7. The maximum absolute atomic E-state index is 12.2. The number of aryl methyl sites for hydroxylation is 2. The van der Waals surface area contributed by atoms with Crippen LogP contribution in [0.1, 0.15) is 32.1 Å². The number of nitrogens with one attached hydrogen (secondary N) is 2. The molecule has 0 aliphatic heterocycles. The first kappa shape index (κ1) is 22.5. The molecule has 1 aromatic carbocycles. The van der Waals surface area contributed by atoms with Gasteiger partial charge in [0.05, 0.1) is 11.0 Å². The molecule has 0 radical (unpaired) electrons. The van der Waals surface area contributed by atoms with Crippen LogP contribution in [0.15, 0.2) is 34.9 Å². The predicted octanol–water partition coefficient (Wildman–Crippen LogP) is 3.18. The SMILES string of the molecule is CCc1ccc(NC(=O)[C@@H](C)OC(=O)CS[C@@H](C)C(=O)Nc2cc(C)on2)cc1. The van der Waals surface area contributed by atoms with Crippen LogP contribution in [-0.4, -0.2) is 40.0 Å². The number of aromatic nitrogens is 1. The van der Waals surface area contributed by atoms with Crippen molar-refractivity contribution in [2.24, 2.45) is 0 Å². The van der Waals surface area contributed by atoms with Gasteiger partial charge in [-0.1, -0.05) is 24.2 Å². The number of benzene rings is 1. The number of ether oxygens (including phenoxy) is 1. The van der Waals surface area contributed by atoms with Crippen LogP contribution < -0.4 is 10.6 Å². The second kappa shape index (κ2) is 10.7. The van der Waals surface area contributed by atoms with Gasteiger partial charge < -0.3 is 19.9 Å². The van der Waals surface area contributed by atoms with Crippen LogP contribution in [0, 0.1) is 6.92 Å². The highest BCUT2D eigenvalue weighted by molar-refractivity contribution is 8.01. The molecule has 2 N–H and O–H groups in total. The molecule has 0 aliphatic rings. The number of thioether (sulfide) groups is 1. The Morgan fingerprint density at radius 3 is 2.41 bits per heavy atom. The van der Waals surface area contributed by atoms with Crippen molar-refractivity contribution in [3.8, 4) is 0 Å². The summed E-state index contributed by atoms with van der Waals surface area (Å²) in [6, 6.07) is 9.06. The van der Waals surface area contributed by atoms with Crippen LogP contribution in [-0.2, 0) is 25.5 Å². The van der Waals surface area contributed by atoms with E-state index in [9.17, 15) is 14.4 Å². The zero-order chi connectivity index (χ0) is 21.4. The van der Waals surface area contributed by atoms with Crippen LogP contribution >= 0.6 is 11.8 Å². The van der Waals surface area contributed by atoms with E-state index in [1.807, 2.05) is 19.1 Å². The van der Waals surface area contributed by atoms with Gasteiger partial charge in [0.2, 0.25) is 5.91 Å². The number of anilines is 2. The van der Waals surface area contributed by atoms with E-state index in [-0.39, 0.29) is 11.7 Å². The Labute approximate surface area is 173 Å². The molecule has 0 bridgehead atoms. The number of amides is 2. The van der Waals surface area contributed by atoms with Crippen molar-refractivity contribution in [2.75, 3.05) is 16.4 Å². The number of rotatable bonds is 9. The smallest absolute Gasteiger partial charge is 0.316 e. The fourth-order valence-electron chi connectivity index (χ4n) is 2.27. The summed E-state index contributed by atoms with van der Waals surface area (Å²) in [5.74, 6) is -0.458. The third kappa shape index (κ3) is 7.26. The first-order valence-electron chi connectivity index (χ1n) is 9.23. The fourth-order valence-corrected chi connectivity index (χ4v) is 2.94. The largest absolute Gasteiger partial charge is 0.452 e. The highest BCUT2D eigenvalue weighted by Crippen LogP contribution is 2.15. The molecule has 1 heterocycles. The van der Waals surface area contributed by atoms with Gasteiger partial charge in [-0.15, -0.1) is 11.8 Å². The van der Waals surface area contributed by atoms with E-state index >= 15 is 0 Å². The first-order valence-corrected chi connectivity index (χ1v) is 10.3. The van der Waals surface area contributed by atoms with Gasteiger partial charge in [-0.2, -0.15) is 0 Å². The molecule has 0 aliphatic carbocycles. The van der Waals surface area contributed by atoms with Gasteiger partial charge >= 0.3 is 5.97 Å². The van der Waals surface area contributed by atoms with Crippen LogP contribution in [0.5, 0.6) is 0 Å². The zero-order valence-corrected chi connectivity index (χ0v) is 17.7. The summed E-state index contributed by atoms with van der Waals surface area (Å²) in [4.78, 5) is 36.3. The molecule has 1 aromatic heterocycles. The minimum atomic E-state index is -0.948. The molecule has 2 aromatic rings. The number of nitrogens with zero attached hydrogens (tertiary/aromatic N) is 1. The Morgan fingerprint density at radius 1 is 1.14 bits per heavy atom. The van der Waals surface area contributed by atoms with Gasteiger partial charge in [-0.05, 0) is 44.9 Å². The van der Waals surface area contributed by atoms with Gasteiger partial charge in [0, 0.05) is 11.8 Å². The lowest BCUT2D eigenvalue weighted by Crippen LogP contribution is -2.31. The van der Waals surface area contributed by atoms with Crippen LogP contribution in [0.3, 0.4) is 0 Å². The molecule has 0 unspecified atom stereocenters.